The standard InChI is InChI=1S/C42H41F11N6O4/c1-4-24-17-58(18-25(5-2)59(24)37(61)42(51,52)53)35-31-34(55-38(56-35)63-20-39(11-12-39)19-57-13-9-23(10-14-57)41(48,49)50)32(44)33(54-36(31)62-21-40(45,46)47)28-16-26(60)15-22-7-8-29(43)27(6-3)30(22)28/h3,7-8,15-16,23-25,60H,4-5,9-14,17-21H2,1-2H3. The second-order valence-electron chi connectivity index (χ2n) is 16.3. The number of nitrogens with zero attached hydrogens (tertiary/aromatic N) is 6. The molecule has 0 spiro atoms. The molecule has 1 aliphatic carbocycles. The van der Waals surface area contributed by atoms with Crippen molar-refractivity contribution in [1.29, 1.82) is 0 Å². The molecule has 10 nitrogen and oxygen atoms in total. The van der Waals surface area contributed by atoms with Gasteiger partial charge in [-0.05, 0) is 75.2 Å². The molecule has 4 heterocycles. The summed E-state index contributed by atoms with van der Waals surface area (Å²) in [4.78, 5) is 29.6. The van der Waals surface area contributed by atoms with E-state index >= 15 is 8.78 Å². The molecule has 2 aliphatic heterocycles. The number of pyridine rings is 1. The monoisotopic (exact) mass is 902 g/mol. The number of carbonyl (C=O) groups is 1. The Labute approximate surface area is 353 Å². The number of phenols is 1. The number of carbonyl (C=O) groups excluding carboxylic acids is 1. The van der Waals surface area contributed by atoms with Crippen LogP contribution < -0.4 is 14.4 Å². The van der Waals surface area contributed by atoms with Gasteiger partial charge in [-0.15, -0.1) is 6.42 Å². The SMILES string of the molecule is C#Cc1c(F)ccc2cc(O)cc(-c3nc(OCC(F)(F)F)c4c(N5CC(CC)N(C(=O)C(F)(F)F)C(CC)C5)nc(OCC5(CN6CCC(C(F)(F)F)CC6)CC5)nc4c3F)c12. The van der Waals surface area contributed by atoms with E-state index in [1.54, 1.807) is 0 Å². The van der Waals surface area contributed by atoms with Gasteiger partial charge < -0.3 is 29.3 Å². The Balaban J connectivity index is 1.38. The number of piperidine rings is 1. The van der Waals surface area contributed by atoms with Crippen LogP contribution in [0.4, 0.5) is 54.1 Å². The van der Waals surface area contributed by atoms with Crippen LogP contribution in [0.15, 0.2) is 24.3 Å². The highest BCUT2D eigenvalue weighted by molar-refractivity contribution is 6.04. The number of amides is 1. The van der Waals surface area contributed by atoms with Crippen molar-refractivity contribution in [3.63, 3.8) is 0 Å². The Morgan fingerprint density at radius 3 is 2.13 bits per heavy atom. The first kappa shape index (κ1) is 45.6. The minimum atomic E-state index is -5.24. The zero-order chi connectivity index (χ0) is 45.8. The van der Waals surface area contributed by atoms with Crippen molar-refractivity contribution in [3.8, 4) is 41.2 Å². The number of aromatic nitrogens is 3. The molecule has 1 amide bonds. The molecule has 3 aliphatic rings. The molecule has 0 bridgehead atoms. The number of hydrogen-bond acceptors (Lipinski definition) is 9. The first-order valence-electron chi connectivity index (χ1n) is 20.2. The van der Waals surface area contributed by atoms with Gasteiger partial charge in [0.2, 0.25) is 5.88 Å². The first-order chi connectivity index (χ1) is 29.6. The Bertz CT molecular complexity index is 2410. The van der Waals surface area contributed by atoms with Gasteiger partial charge in [-0.2, -0.15) is 49.5 Å². The average molecular weight is 903 g/mol. The van der Waals surface area contributed by atoms with Crippen LogP contribution in [0.25, 0.3) is 32.9 Å². The van der Waals surface area contributed by atoms with Crippen LogP contribution >= 0.6 is 0 Å². The van der Waals surface area contributed by atoms with Crippen molar-refractivity contribution in [2.45, 2.75) is 83.0 Å². The van der Waals surface area contributed by atoms with Gasteiger partial charge >= 0.3 is 30.4 Å². The number of halogens is 11. The Morgan fingerprint density at radius 1 is 0.921 bits per heavy atom. The van der Waals surface area contributed by atoms with Crippen LogP contribution in [0, 0.1) is 35.3 Å². The van der Waals surface area contributed by atoms with Gasteiger partial charge in [-0.3, -0.25) is 4.79 Å². The smallest absolute Gasteiger partial charge is 0.471 e. The van der Waals surface area contributed by atoms with Crippen molar-refractivity contribution >= 4 is 33.4 Å². The van der Waals surface area contributed by atoms with E-state index in [2.05, 4.69) is 20.9 Å². The van der Waals surface area contributed by atoms with Gasteiger partial charge in [-0.1, -0.05) is 25.8 Å². The minimum Gasteiger partial charge on any atom is -0.508 e. The molecular formula is C42H41F11N6O4. The Kier molecular flexibility index (Phi) is 12.3. The molecule has 21 heteroatoms. The quantitative estimate of drug-likeness (QED) is 0.117. The van der Waals surface area contributed by atoms with Crippen LogP contribution in [-0.2, 0) is 4.79 Å². The number of benzene rings is 2. The van der Waals surface area contributed by atoms with Gasteiger partial charge in [0.25, 0.3) is 0 Å². The number of piperazine rings is 1. The van der Waals surface area contributed by atoms with E-state index in [0.717, 1.165) is 12.1 Å². The maximum absolute atomic E-state index is 17.4. The lowest BCUT2D eigenvalue weighted by molar-refractivity contribution is -0.191. The summed E-state index contributed by atoms with van der Waals surface area (Å²) in [6.07, 6.45) is -7.93. The largest absolute Gasteiger partial charge is 0.508 e. The molecule has 3 fully saturated rings. The number of fused-ring (bicyclic) bond motifs is 2. The fourth-order valence-electron chi connectivity index (χ4n) is 8.58. The normalized spacial score (nSPS) is 20.0. The summed E-state index contributed by atoms with van der Waals surface area (Å²) in [5.41, 5.74) is -2.85. The van der Waals surface area contributed by atoms with Crippen molar-refractivity contribution in [2.75, 3.05) is 50.8 Å². The number of anilines is 1. The molecule has 2 atom stereocenters. The van der Waals surface area contributed by atoms with Crippen molar-refractivity contribution in [2.24, 2.45) is 11.3 Å². The van der Waals surface area contributed by atoms with Crippen molar-refractivity contribution in [1.82, 2.24) is 24.8 Å². The number of hydrogen-bond donors (Lipinski definition) is 1. The highest BCUT2D eigenvalue weighted by atomic mass is 19.4. The molecule has 0 radical (unpaired) electrons. The lowest BCUT2D eigenvalue weighted by Crippen LogP contribution is -2.63. The summed E-state index contributed by atoms with van der Waals surface area (Å²) in [5, 5.41) is 10.1. The maximum atomic E-state index is 17.4. The van der Waals surface area contributed by atoms with E-state index in [9.17, 15) is 49.4 Å². The third-order valence-corrected chi connectivity index (χ3v) is 12.0. The minimum absolute atomic E-state index is 0.0171. The van der Waals surface area contributed by atoms with E-state index in [-0.39, 0.29) is 80.6 Å². The van der Waals surface area contributed by atoms with Gasteiger partial charge in [-0.25, -0.2) is 13.8 Å². The molecular weight excluding hydrogens is 861 g/mol. The molecule has 2 unspecified atom stereocenters. The van der Waals surface area contributed by atoms with Crippen molar-refractivity contribution < 1.29 is 67.7 Å². The van der Waals surface area contributed by atoms with E-state index in [1.165, 1.54) is 30.9 Å². The number of alkyl halides is 9. The van der Waals surface area contributed by atoms with Gasteiger partial charge in [0.15, 0.2) is 12.4 Å². The molecule has 1 saturated carbocycles. The summed E-state index contributed by atoms with van der Waals surface area (Å²) in [7, 11) is 0. The van der Waals surface area contributed by atoms with Crippen LogP contribution in [0.5, 0.6) is 17.6 Å². The molecule has 340 valence electrons. The number of phenolic OH excluding ortho intramolecular Hbond substituents is 1. The van der Waals surface area contributed by atoms with Gasteiger partial charge in [0.05, 0.1) is 18.1 Å². The van der Waals surface area contributed by atoms with Gasteiger partial charge in [0.1, 0.15) is 34.0 Å². The summed E-state index contributed by atoms with van der Waals surface area (Å²) in [6, 6.07) is 1.60. The van der Waals surface area contributed by atoms with E-state index in [4.69, 9.17) is 15.9 Å². The second-order valence-corrected chi connectivity index (χ2v) is 16.3. The summed E-state index contributed by atoms with van der Waals surface area (Å²) < 4.78 is 167. The van der Waals surface area contributed by atoms with Crippen LogP contribution in [-0.4, -0.2) is 112 Å². The molecule has 4 aromatic rings. The summed E-state index contributed by atoms with van der Waals surface area (Å²) >= 11 is 0. The Hall–Kier alpha value is -5.39. The number of likely N-dealkylation sites (tertiary alicyclic amines) is 1. The number of aromatic hydroxyl groups is 1. The molecule has 2 aromatic carbocycles. The molecule has 2 saturated heterocycles. The predicted octanol–water partition coefficient (Wildman–Crippen LogP) is 8.95. The maximum Gasteiger partial charge on any atom is 0.471 e. The Morgan fingerprint density at radius 2 is 1.57 bits per heavy atom. The predicted molar refractivity (Wildman–Crippen MR) is 207 cm³/mol. The fraction of sp³-hybridized carbons (Fsp3) is 0.524. The lowest BCUT2D eigenvalue weighted by atomic mass is 9.95. The van der Waals surface area contributed by atoms with Crippen LogP contribution in [0.3, 0.4) is 0 Å². The summed E-state index contributed by atoms with van der Waals surface area (Å²) in [5.74, 6) is -5.35. The highest BCUT2D eigenvalue weighted by Crippen LogP contribution is 2.48. The topological polar surface area (TPSA) is 104 Å². The van der Waals surface area contributed by atoms with Crippen LogP contribution in [0.2, 0.25) is 0 Å². The van der Waals surface area contributed by atoms with Gasteiger partial charge in [0, 0.05) is 48.1 Å². The molecule has 7 rings (SSSR count). The third kappa shape index (κ3) is 9.46. The zero-order valence-electron chi connectivity index (χ0n) is 33.8. The van der Waals surface area contributed by atoms with E-state index in [0.29, 0.717) is 24.3 Å². The van der Waals surface area contributed by atoms with E-state index < -0.39 is 106 Å². The lowest BCUT2D eigenvalue weighted by Gasteiger charge is -2.47. The van der Waals surface area contributed by atoms with E-state index in [1.807, 2.05) is 4.90 Å². The molecule has 63 heavy (non-hydrogen) atoms. The summed E-state index contributed by atoms with van der Waals surface area (Å²) in [6.45, 7) is 0.920. The number of rotatable bonds is 11. The first-order valence-corrected chi connectivity index (χ1v) is 20.2. The second kappa shape index (κ2) is 17.0. The van der Waals surface area contributed by atoms with Crippen LogP contribution in [0.1, 0.15) is 57.9 Å². The van der Waals surface area contributed by atoms with Crippen molar-refractivity contribution in [3.05, 3.63) is 41.5 Å². The zero-order valence-corrected chi connectivity index (χ0v) is 33.8. The molecule has 2 aromatic heterocycles. The molecule has 1 N–H and O–H groups in total. The fourth-order valence-corrected chi connectivity index (χ4v) is 8.58. The average Bonchev–Trinajstić information content (AvgIpc) is 3.99. The number of ether oxygens (including phenoxy) is 2. The third-order valence-electron chi connectivity index (χ3n) is 12.0. The highest BCUT2D eigenvalue weighted by Gasteiger charge is 2.50. The number of terminal acetylenes is 1.